The number of halogens is 1. The molecule has 0 aliphatic heterocycles. The Kier molecular flexibility index (Phi) is 4.10. The fourth-order valence-electron chi connectivity index (χ4n) is 1.52. The molecule has 0 unspecified atom stereocenters. The average Bonchev–Trinajstić information content (AvgIpc) is 2.15. The summed E-state index contributed by atoms with van der Waals surface area (Å²) in [5, 5.41) is 0. The zero-order valence-corrected chi connectivity index (χ0v) is 10.9. The van der Waals surface area contributed by atoms with Crippen molar-refractivity contribution >= 4 is 11.6 Å². The van der Waals surface area contributed by atoms with Crippen LogP contribution in [-0.4, -0.2) is 18.0 Å². The van der Waals surface area contributed by atoms with Gasteiger partial charge >= 0.3 is 0 Å². The van der Waals surface area contributed by atoms with Gasteiger partial charge in [0.15, 0.2) is 5.96 Å². The molecular weight excluding hydrogens is 217 g/mol. The van der Waals surface area contributed by atoms with E-state index in [0.29, 0.717) is 12.5 Å². The molecule has 3 nitrogen and oxygen atoms in total. The quantitative estimate of drug-likeness (QED) is 0.634. The zero-order valence-electron chi connectivity index (χ0n) is 10.9. The van der Waals surface area contributed by atoms with Crippen molar-refractivity contribution in [2.75, 3.05) is 11.4 Å². The third-order valence-corrected chi connectivity index (χ3v) is 2.16. The Morgan fingerprint density at radius 2 is 2.06 bits per heavy atom. The summed E-state index contributed by atoms with van der Waals surface area (Å²) < 4.78 is 13.2. The van der Waals surface area contributed by atoms with Gasteiger partial charge in [0.05, 0.1) is 5.54 Å². The number of rotatable bonds is 2. The van der Waals surface area contributed by atoms with Crippen LogP contribution in [0.15, 0.2) is 29.3 Å². The summed E-state index contributed by atoms with van der Waals surface area (Å²) in [5.41, 5.74) is 6.43. The summed E-state index contributed by atoms with van der Waals surface area (Å²) in [5.74, 6) is 0.134. The maximum atomic E-state index is 13.2. The lowest BCUT2D eigenvalue weighted by molar-refractivity contribution is 0.580. The number of hydrogen-bond donors (Lipinski definition) is 1. The van der Waals surface area contributed by atoms with Gasteiger partial charge in [-0.15, -0.1) is 0 Å². The molecule has 0 saturated carbocycles. The molecule has 0 aliphatic carbocycles. The van der Waals surface area contributed by atoms with Gasteiger partial charge in [0.2, 0.25) is 0 Å². The van der Waals surface area contributed by atoms with E-state index in [9.17, 15) is 4.39 Å². The van der Waals surface area contributed by atoms with Crippen LogP contribution in [0.2, 0.25) is 0 Å². The number of aliphatic imine (C=N–C) groups is 1. The molecule has 0 radical (unpaired) electrons. The fraction of sp³-hybridized carbons (Fsp3) is 0.462. The second-order valence-corrected chi connectivity index (χ2v) is 4.86. The topological polar surface area (TPSA) is 41.6 Å². The van der Waals surface area contributed by atoms with Crippen molar-refractivity contribution in [3.8, 4) is 0 Å². The third kappa shape index (κ3) is 4.06. The van der Waals surface area contributed by atoms with Gasteiger partial charge in [0.1, 0.15) is 5.82 Å². The van der Waals surface area contributed by atoms with E-state index in [1.54, 1.807) is 11.0 Å². The number of hydrogen-bond acceptors (Lipinski definition) is 1. The zero-order chi connectivity index (χ0) is 13.1. The van der Waals surface area contributed by atoms with Gasteiger partial charge in [-0.2, -0.15) is 0 Å². The number of benzene rings is 1. The predicted molar refractivity (Wildman–Crippen MR) is 70.8 cm³/mol. The number of nitrogens with two attached hydrogens (primary N) is 1. The number of nitrogens with zero attached hydrogens (tertiary/aromatic N) is 2. The standard InChI is InChI=1S/C13H20FN3/c1-5-17(12(15)16-13(2,3)4)11-8-6-7-10(14)9-11/h6-9H,5H2,1-4H3,(H2,15,16). The van der Waals surface area contributed by atoms with E-state index in [2.05, 4.69) is 4.99 Å². The summed E-state index contributed by atoms with van der Waals surface area (Å²) in [4.78, 5) is 6.17. The van der Waals surface area contributed by atoms with Gasteiger partial charge in [-0.1, -0.05) is 6.07 Å². The Labute approximate surface area is 102 Å². The molecule has 0 aromatic heterocycles. The molecule has 0 heterocycles. The number of guanidine groups is 1. The molecule has 1 rings (SSSR count). The Balaban J connectivity index is 3.04. The molecule has 0 fully saturated rings. The van der Waals surface area contributed by atoms with Crippen molar-refractivity contribution in [1.82, 2.24) is 0 Å². The van der Waals surface area contributed by atoms with Crippen molar-refractivity contribution in [2.24, 2.45) is 10.7 Å². The lowest BCUT2D eigenvalue weighted by atomic mass is 10.1. The summed E-state index contributed by atoms with van der Waals surface area (Å²) >= 11 is 0. The van der Waals surface area contributed by atoms with E-state index in [0.717, 1.165) is 5.69 Å². The summed E-state index contributed by atoms with van der Waals surface area (Å²) in [6, 6.07) is 6.35. The van der Waals surface area contributed by atoms with Gasteiger partial charge in [-0.05, 0) is 45.9 Å². The van der Waals surface area contributed by atoms with Crippen LogP contribution in [0.5, 0.6) is 0 Å². The van der Waals surface area contributed by atoms with Crippen LogP contribution < -0.4 is 10.6 Å². The van der Waals surface area contributed by atoms with Gasteiger partial charge in [0.25, 0.3) is 0 Å². The van der Waals surface area contributed by atoms with E-state index in [1.165, 1.54) is 12.1 Å². The van der Waals surface area contributed by atoms with E-state index >= 15 is 0 Å². The Hall–Kier alpha value is -1.58. The largest absolute Gasteiger partial charge is 0.369 e. The second kappa shape index (κ2) is 5.17. The van der Waals surface area contributed by atoms with Crippen LogP contribution in [-0.2, 0) is 0 Å². The molecule has 1 aromatic rings. The Morgan fingerprint density at radius 3 is 2.53 bits per heavy atom. The third-order valence-electron chi connectivity index (χ3n) is 2.16. The second-order valence-electron chi connectivity index (χ2n) is 4.86. The minimum atomic E-state index is -0.274. The fourth-order valence-corrected chi connectivity index (χ4v) is 1.52. The summed E-state index contributed by atoms with van der Waals surface area (Å²) in [6.07, 6.45) is 0. The SMILES string of the molecule is CCN(C(N)=NC(C)(C)C)c1cccc(F)c1. The first-order chi connectivity index (χ1) is 7.83. The molecule has 0 amide bonds. The van der Waals surface area contributed by atoms with Gasteiger partial charge in [0, 0.05) is 12.2 Å². The molecule has 1 aromatic carbocycles. The Bertz CT molecular complexity index is 407. The minimum absolute atomic E-state index is 0.245. The van der Waals surface area contributed by atoms with Crippen molar-refractivity contribution in [1.29, 1.82) is 0 Å². The molecule has 0 atom stereocenters. The summed E-state index contributed by atoms with van der Waals surface area (Å²) in [7, 11) is 0. The van der Waals surface area contributed by atoms with Crippen LogP contribution >= 0.6 is 0 Å². The molecule has 94 valence electrons. The minimum Gasteiger partial charge on any atom is -0.369 e. The molecule has 0 bridgehead atoms. The molecule has 17 heavy (non-hydrogen) atoms. The highest BCUT2D eigenvalue weighted by Gasteiger charge is 2.14. The van der Waals surface area contributed by atoms with Crippen molar-refractivity contribution in [3.05, 3.63) is 30.1 Å². The van der Waals surface area contributed by atoms with Crippen LogP contribution in [0, 0.1) is 5.82 Å². The van der Waals surface area contributed by atoms with E-state index in [-0.39, 0.29) is 11.4 Å². The van der Waals surface area contributed by atoms with Crippen LogP contribution in [0.3, 0.4) is 0 Å². The van der Waals surface area contributed by atoms with Gasteiger partial charge < -0.3 is 10.6 Å². The molecule has 0 saturated heterocycles. The van der Waals surface area contributed by atoms with Crippen LogP contribution in [0.4, 0.5) is 10.1 Å². The highest BCUT2D eigenvalue weighted by Crippen LogP contribution is 2.16. The maximum absolute atomic E-state index is 13.2. The molecule has 0 aliphatic rings. The monoisotopic (exact) mass is 237 g/mol. The summed E-state index contributed by atoms with van der Waals surface area (Å²) in [6.45, 7) is 8.52. The first-order valence-electron chi connectivity index (χ1n) is 5.72. The van der Waals surface area contributed by atoms with Crippen LogP contribution in [0.25, 0.3) is 0 Å². The maximum Gasteiger partial charge on any atom is 0.196 e. The van der Waals surface area contributed by atoms with Crippen molar-refractivity contribution < 1.29 is 4.39 Å². The predicted octanol–water partition coefficient (Wildman–Crippen LogP) is 2.77. The van der Waals surface area contributed by atoms with E-state index in [1.807, 2.05) is 33.8 Å². The lowest BCUT2D eigenvalue weighted by Crippen LogP contribution is -2.39. The average molecular weight is 237 g/mol. The van der Waals surface area contributed by atoms with Crippen LogP contribution in [0.1, 0.15) is 27.7 Å². The molecular formula is C13H20FN3. The smallest absolute Gasteiger partial charge is 0.196 e. The lowest BCUT2D eigenvalue weighted by Gasteiger charge is -2.24. The van der Waals surface area contributed by atoms with Gasteiger partial charge in [-0.3, -0.25) is 0 Å². The number of anilines is 1. The Morgan fingerprint density at radius 1 is 1.41 bits per heavy atom. The first kappa shape index (κ1) is 13.5. The highest BCUT2D eigenvalue weighted by molar-refractivity contribution is 5.94. The molecule has 4 heteroatoms. The van der Waals surface area contributed by atoms with E-state index in [4.69, 9.17) is 5.73 Å². The van der Waals surface area contributed by atoms with Crippen molar-refractivity contribution in [2.45, 2.75) is 33.2 Å². The molecule has 2 N–H and O–H groups in total. The molecule has 0 spiro atoms. The highest BCUT2D eigenvalue weighted by atomic mass is 19.1. The van der Waals surface area contributed by atoms with E-state index < -0.39 is 0 Å². The normalized spacial score (nSPS) is 12.6. The van der Waals surface area contributed by atoms with Crippen molar-refractivity contribution in [3.63, 3.8) is 0 Å². The van der Waals surface area contributed by atoms with Gasteiger partial charge in [-0.25, -0.2) is 9.38 Å². The first-order valence-corrected chi connectivity index (χ1v) is 5.72.